The predicted octanol–water partition coefficient (Wildman–Crippen LogP) is 2.02. The molecule has 0 spiro atoms. The molecule has 0 radical (unpaired) electrons. The fourth-order valence-electron chi connectivity index (χ4n) is 1.37. The van der Waals surface area contributed by atoms with E-state index in [1.165, 1.54) is 0 Å². The number of para-hydroxylation sites is 1. The van der Waals surface area contributed by atoms with Gasteiger partial charge in [0.15, 0.2) is 0 Å². The van der Waals surface area contributed by atoms with Crippen molar-refractivity contribution in [3.63, 3.8) is 0 Å². The average Bonchev–Trinajstić information content (AvgIpc) is 2.26. The second kappa shape index (κ2) is 5.38. The molecule has 1 aromatic rings. The lowest BCUT2D eigenvalue weighted by atomic mass is 10.1. The van der Waals surface area contributed by atoms with Crippen LogP contribution in [0.3, 0.4) is 0 Å². The Morgan fingerprint density at radius 1 is 1.53 bits per heavy atom. The lowest BCUT2D eigenvalue weighted by Gasteiger charge is -2.14. The van der Waals surface area contributed by atoms with Gasteiger partial charge in [-0.05, 0) is 25.0 Å². The van der Waals surface area contributed by atoms with Crippen LogP contribution in [0, 0.1) is 18.3 Å². The van der Waals surface area contributed by atoms with Crippen molar-refractivity contribution in [2.24, 2.45) is 5.73 Å². The highest BCUT2D eigenvalue weighted by Crippen LogP contribution is 2.19. The molecule has 3 heteroatoms. The summed E-state index contributed by atoms with van der Waals surface area (Å²) in [5.74, 6) is 0. The Hall–Kier alpha value is -1.53. The van der Waals surface area contributed by atoms with Crippen molar-refractivity contribution in [3.8, 4) is 6.07 Å². The van der Waals surface area contributed by atoms with Crippen LogP contribution >= 0.6 is 0 Å². The van der Waals surface area contributed by atoms with Crippen LogP contribution in [0.2, 0.25) is 0 Å². The number of hydrogen-bond donors (Lipinski definition) is 2. The molecule has 0 saturated heterocycles. The summed E-state index contributed by atoms with van der Waals surface area (Å²) in [6.07, 6.45) is 0.931. The van der Waals surface area contributed by atoms with E-state index in [0.717, 1.165) is 17.7 Å². The zero-order valence-electron chi connectivity index (χ0n) is 9.25. The first-order valence-electron chi connectivity index (χ1n) is 5.18. The molecule has 0 heterocycles. The average molecular weight is 203 g/mol. The summed E-state index contributed by atoms with van der Waals surface area (Å²) in [5.41, 5.74) is 8.48. The van der Waals surface area contributed by atoms with Gasteiger partial charge in [-0.3, -0.25) is 0 Å². The molecule has 15 heavy (non-hydrogen) atoms. The van der Waals surface area contributed by atoms with Crippen LogP contribution in [0.5, 0.6) is 0 Å². The standard InChI is InChI=1S/C12H17N3/c1-3-11(14)8-15-12-9(2)5-4-6-10(12)7-13/h4-6,11,15H,3,8,14H2,1-2H3. The van der Waals surface area contributed by atoms with E-state index in [1.54, 1.807) is 0 Å². The Balaban J connectivity index is 2.80. The Kier molecular flexibility index (Phi) is 4.14. The van der Waals surface area contributed by atoms with Gasteiger partial charge >= 0.3 is 0 Å². The number of nitrogens with two attached hydrogens (primary N) is 1. The first-order valence-corrected chi connectivity index (χ1v) is 5.18. The maximum atomic E-state index is 8.94. The first kappa shape index (κ1) is 11.5. The van der Waals surface area contributed by atoms with Gasteiger partial charge in [-0.2, -0.15) is 5.26 Å². The van der Waals surface area contributed by atoms with Gasteiger partial charge in [0.2, 0.25) is 0 Å². The van der Waals surface area contributed by atoms with Gasteiger partial charge in [-0.25, -0.2) is 0 Å². The molecule has 0 aliphatic heterocycles. The van der Waals surface area contributed by atoms with E-state index in [2.05, 4.69) is 18.3 Å². The number of nitriles is 1. The van der Waals surface area contributed by atoms with Gasteiger partial charge in [-0.15, -0.1) is 0 Å². The van der Waals surface area contributed by atoms with Crippen molar-refractivity contribution in [3.05, 3.63) is 29.3 Å². The van der Waals surface area contributed by atoms with Crippen molar-refractivity contribution >= 4 is 5.69 Å². The molecule has 0 bridgehead atoms. The third-order valence-corrected chi connectivity index (χ3v) is 2.46. The Bertz CT molecular complexity index is 366. The maximum Gasteiger partial charge on any atom is 0.101 e. The second-order valence-corrected chi connectivity index (χ2v) is 3.66. The molecule has 0 amide bonds. The van der Waals surface area contributed by atoms with E-state index in [-0.39, 0.29) is 6.04 Å². The molecule has 0 fully saturated rings. The third kappa shape index (κ3) is 2.97. The van der Waals surface area contributed by atoms with E-state index in [9.17, 15) is 0 Å². The summed E-state index contributed by atoms with van der Waals surface area (Å²) in [7, 11) is 0. The van der Waals surface area contributed by atoms with Gasteiger partial charge in [0.25, 0.3) is 0 Å². The molecule has 3 nitrogen and oxygen atoms in total. The zero-order chi connectivity index (χ0) is 11.3. The molecule has 1 aromatic carbocycles. The number of rotatable bonds is 4. The number of nitrogens with one attached hydrogen (secondary N) is 1. The van der Waals surface area contributed by atoms with Gasteiger partial charge in [0, 0.05) is 12.6 Å². The van der Waals surface area contributed by atoms with Gasteiger partial charge in [-0.1, -0.05) is 19.1 Å². The van der Waals surface area contributed by atoms with E-state index in [4.69, 9.17) is 11.0 Å². The molecule has 3 N–H and O–H groups in total. The fourth-order valence-corrected chi connectivity index (χ4v) is 1.37. The minimum Gasteiger partial charge on any atom is -0.382 e. The minimum atomic E-state index is 0.135. The van der Waals surface area contributed by atoms with Crippen molar-refractivity contribution in [1.29, 1.82) is 5.26 Å². The Morgan fingerprint density at radius 3 is 2.87 bits per heavy atom. The van der Waals surface area contributed by atoms with E-state index >= 15 is 0 Å². The molecule has 0 aliphatic carbocycles. The summed E-state index contributed by atoms with van der Waals surface area (Å²) in [6.45, 7) is 4.74. The zero-order valence-corrected chi connectivity index (χ0v) is 9.25. The summed E-state index contributed by atoms with van der Waals surface area (Å²) < 4.78 is 0. The van der Waals surface area contributed by atoms with E-state index < -0.39 is 0 Å². The summed E-state index contributed by atoms with van der Waals surface area (Å²) >= 11 is 0. The van der Waals surface area contributed by atoms with Crippen LogP contribution < -0.4 is 11.1 Å². The number of benzene rings is 1. The van der Waals surface area contributed by atoms with Gasteiger partial charge < -0.3 is 11.1 Å². The quantitative estimate of drug-likeness (QED) is 0.787. The lowest BCUT2D eigenvalue weighted by molar-refractivity contribution is 0.679. The van der Waals surface area contributed by atoms with Crippen molar-refractivity contribution in [2.45, 2.75) is 26.3 Å². The molecule has 0 aromatic heterocycles. The first-order chi connectivity index (χ1) is 7.19. The topological polar surface area (TPSA) is 61.8 Å². The predicted molar refractivity (Wildman–Crippen MR) is 62.7 cm³/mol. The minimum absolute atomic E-state index is 0.135. The van der Waals surface area contributed by atoms with Crippen molar-refractivity contribution in [1.82, 2.24) is 0 Å². The highest BCUT2D eigenvalue weighted by molar-refractivity contribution is 5.62. The molecule has 1 unspecified atom stereocenters. The second-order valence-electron chi connectivity index (χ2n) is 3.66. The molecule has 1 rings (SSSR count). The van der Waals surface area contributed by atoms with Crippen molar-refractivity contribution in [2.75, 3.05) is 11.9 Å². The molecule has 80 valence electrons. The highest BCUT2D eigenvalue weighted by Gasteiger charge is 2.05. The monoisotopic (exact) mass is 203 g/mol. The van der Waals surface area contributed by atoms with Crippen LogP contribution in [-0.2, 0) is 0 Å². The SMILES string of the molecule is CCC(N)CNc1c(C)cccc1C#N. The van der Waals surface area contributed by atoms with Crippen LogP contribution in [0.25, 0.3) is 0 Å². The Labute approximate surface area is 90.9 Å². The molecule has 1 atom stereocenters. The number of anilines is 1. The molecular weight excluding hydrogens is 186 g/mol. The highest BCUT2D eigenvalue weighted by atomic mass is 14.9. The fraction of sp³-hybridized carbons (Fsp3) is 0.417. The van der Waals surface area contributed by atoms with Crippen LogP contribution in [0.4, 0.5) is 5.69 Å². The Morgan fingerprint density at radius 2 is 2.27 bits per heavy atom. The van der Waals surface area contributed by atoms with Gasteiger partial charge in [0.1, 0.15) is 6.07 Å². The number of nitrogens with zero attached hydrogens (tertiary/aromatic N) is 1. The largest absolute Gasteiger partial charge is 0.382 e. The van der Waals surface area contributed by atoms with Crippen LogP contribution in [0.15, 0.2) is 18.2 Å². The maximum absolute atomic E-state index is 8.94. The summed E-state index contributed by atoms with van der Waals surface area (Å²) in [6, 6.07) is 8.00. The van der Waals surface area contributed by atoms with Gasteiger partial charge in [0.05, 0.1) is 11.3 Å². The van der Waals surface area contributed by atoms with Crippen LogP contribution in [0.1, 0.15) is 24.5 Å². The lowest BCUT2D eigenvalue weighted by Crippen LogP contribution is -2.28. The van der Waals surface area contributed by atoms with E-state index in [0.29, 0.717) is 12.1 Å². The summed E-state index contributed by atoms with van der Waals surface area (Å²) in [4.78, 5) is 0. The molecule has 0 saturated carbocycles. The molecular formula is C12H17N3. The summed E-state index contributed by atoms with van der Waals surface area (Å²) in [5, 5.41) is 12.2. The molecule has 0 aliphatic rings. The third-order valence-electron chi connectivity index (χ3n) is 2.46. The van der Waals surface area contributed by atoms with Crippen molar-refractivity contribution < 1.29 is 0 Å². The van der Waals surface area contributed by atoms with E-state index in [1.807, 2.05) is 25.1 Å². The normalized spacial score (nSPS) is 11.9. The number of aryl methyl sites for hydroxylation is 1. The number of hydrogen-bond acceptors (Lipinski definition) is 3. The van der Waals surface area contributed by atoms with Crippen LogP contribution in [-0.4, -0.2) is 12.6 Å². The smallest absolute Gasteiger partial charge is 0.101 e.